The number of rotatable bonds is 4. The van der Waals surface area contributed by atoms with E-state index in [2.05, 4.69) is 30.2 Å². The number of thiazole rings is 1. The van der Waals surface area contributed by atoms with Crippen molar-refractivity contribution in [1.29, 1.82) is 0 Å². The molecule has 3 rings (SSSR count). The average molecular weight is 320 g/mol. The van der Waals surface area contributed by atoms with Crippen LogP contribution in [0, 0.1) is 6.92 Å². The van der Waals surface area contributed by atoms with Gasteiger partial charge in [0.25, 0.3) is 0 Å². The number of aryl methyl sites for hydroxylation is 1. The molecule has 0 radical (unpaired) electrons. The highest BCUT2D eigenvalue weighted by Crippen LogP contribution is 2.27. The van der Waals surface area contributed by atoms with Gasteiger partial charge in [0.1, 0.15) is 11.8 Å². The Kier molecular flexibility index (Phi) is 3.84. The van der Waals surface area contributed by atoms with Crippen molar-refractivity contribution in [2.24, 2.45) is 0 Å². The fourth-order valence-electron chi connectivity index (χ4n) is 1.67. The van der Waals surface area contributed by atoms with Gasteiger partial charge >= 0.3 is 0 Å². The van der Waals surface area contributed by atoms with E-state index in [0.717, 1.165) is 10.0 Å². The Hall–Kier alpha value is -2.00. The number of hydrogen-bond acceptors (Lipinski definition) is 7. The summed E-state index contributed by atoms with van der Waals surface area (Å²) in [6.45, 7) is 3.77. The van der Waals surface area contributed by atoms with E-state index in [4.69, 9.17) is 0 Å². The van der Waals surface area contributed by atoms with E-state index >= 15 is 0 Å². The van der Waals surface area contributed by atoms with Crippen LogP contribution in [0.2, 0.25) is 0 Å². The molecule has 3 aromatic heterocycles. The van der Waals surface area contributed by atoms with E-state index in [9.17, 15) is 4.79 Å². The number of carbonyl (C=O) groups excluding carboxylic acids is 1. The van der Waals surface area contributed by atoms with Crippen LogP contribution < -0.4 is 5.32 Å². The first-order valence-electron chi connectivity index (χ1n) is 6.17. The second kappa shape index (κ2) is 5.78. The smallest absolute Gasteiger partial charge is 0.238 e. The molecule has 0 spiro atoms. The Bertz CT molecular complexity index is 783. The molecule has 1 amide bonds. The van der Waals surface area contributed by atoms with Gasteiger partial charge in [-0.1, -0.05) is 11.8 Å². The topological polar surface area (TPSA) is 96.5 Å². The van der Waals surface area contributed by atoms with Crippen molar-refractivity contribution in [3.8, 4) is 0 Å². The third kappa shape index (κ3) is 3.03. The predicted molar refractivity (Wildman–Crippen MR) is 82.5 cm³/mol. The Morgan fingerprint density at radius 3 is 3.05 bits per heavy atom. The number of fused-ring (bicyclic) bond motifs is 1. The van der Waals surface area contributed by atoms with Crippen LogP contribution >= 0.6 is 23.1 Å². The Labute approximate surface area is 128 Å². The molecule has 0 aromatic carbocycles. The highest BCUT2D eigenvalue weighted by atomic mass is 32.2. The number of nitrogens with one attached hydrogen (secondary N) is 2. The maximum atomic E-state index is 12.2. The van der Waals surface area contributed by atoms with Crippen molar-refractivity contribution in [1.82, 2.24) is 24.9 Å². The van der Waals surface area contributed by atoms with Crippen LogP contribution in [0.1, 0.15) is 12.6 Å². The molecule has 3 heterocycles. The van der Waals surface area contributed by atoms with Crippen LogP contribution in [0.5, 0.6) is 0 Å². The molecule has 0 saturated heterocycles. The Morgan fingerprint density at radius 1 is 1.43 bits per heavy atom. The summed E-state index contributed by atoms with van der Waals surface area (Å²) in [5.41, 5.74) is 2.11. The summed E-state index contributed by atoms with van der Waals surface area (Å²) < 4.78 is 0.879. The summed E-state index contributed by atoms with van der Waals surface area (Å²) in [5, 5.41) is 4.48. The van der Waals surface area contributed by atoms with E-state index < -0.39 is 0 Å². The van der Waals surface area contributed by atoms with Gasteiger partial charge in [-0.05, 0) is 13.8 Å². The number of imidazole rings is 1. The fourth-order valence-corrected chi connectivity index (χ4v) is 3.65. The molecule has 21 heavy (non-hydrogen) atoms. The molecule has 1 atom stereocenters. The zero-order chi connectivity index (χ0) is 14.8. The molecule has 0 aliphatic rings. The normalized spacial score (nSPS) is 12.5. The molecule has 2 N–H and O–H groups in total. The Balaban J connectivity index is 1.72. The predicted octanol–water partition coefficient (Wildman–Crippen LogP) is 2.24. The number of hydrogen-bond donors (Lipinski definition) is 2. The van der Waals surface area contributed by atoms with Crippen LogP contribution in [-0.4, -0.2) is 36.1 Å². The Morgan fingerprint density at radius 2 is 2.29 bits per heavy atom. The van der Waals surface area contributed by atoms with E-state index in [-0.39, 0.29) is 11.2 Å². The van der Waals surface area contributed by atoms with Gasteiger partial charge in [-0.3, -0.25) is 4.79 Å². The third-order valence-electron chi connectivity index (χ3n) is 2.71. The van der Waals surface area contributed by atoms with Crippen molar-refractivity contribution in [3.63, 3.8) is 0 Å². The number of aromatic nitrogens is 5. The fraction of sp³-hybridized carbons (Fsp3) is 0.250. The van der Waals surface area contributed by atoms with Gasteiger partial charge in [0.2, 0.25) is 5.91 Å². The number of thioether (sulfide) groups is 1. The van der Waals surface area contributed by atoms with E-state index in [1.165, 1.54) is 35.8 Å². The lowest BCUT2D eigenvalue weighted by molar-refractivity contribution is -0.115. The first-order valence-corrected chi connectivity index (χ1v) is 7.93. The van der Waals surface area contributed by atoms with Gasteiger partial charge in [0.05, 0.1) is 11.6 Å². The lowest BCUT2D eigenvalue weighted by Crippen LogP contribution is -2.23. The summed E-state index contributed by atoms with van der Waals surface area (Å²) >= 11 is 2.96. The van der Waals surface area contributed by atoms with Gasteiger partial charge in [-0.2, -0.15) is 0 Å². The molecule has 3 aromatic rings. The monoisotopic (exact) mass is 320 g/mol. The summed E-state index contributed by atoms with van der Waals surface area (Å²) in [4.78, 5) is 31.6. The average Bonchev–Trinajstić information content (AvgIpc) is 3.08. The molecule has 9 heteroatoms. The molecule has 0 fully saturated rings. The van der Waals surface area contributed by atoms with Crippen molar-refractivity contribution < 1.29 is 4.79 Å². The lowest BCUT2D eigenvalue weighted by Gasteiger charge is -2.09. The van der Waals surface area contributed by atoms with Crippen LogP contribution in [-0.2, 0) is 4.79 Å². The molecule has 0 aliphatic carbocycles. The highest BCUT2D eigenvalue weighted by molar-refractivity contribution is 8.02. The number of carbonyl (C=O) groups is 1. The minimum absolute atomic E-state index is 0.137. The molecular weight excluding hydrogens is 308 g/mol. The lowest BCUT2D eigenvalue weighted by atomic mass is 10.4. The quantitative estimate of drug-likeness (QED) is 0.716. The summed E-state index contributed by atoms with van der Waals surface area (Å²) in [6, 6.07) is 0. The van der Waals surface area contributed by atoms with Crippen LogP contribution in [0.3, 0.4) is 0 Å². The molecular formula is C12H12N6OS2. The second-order valence-corrected chi connectivity index (χ2v) is 6.77. The van der Waals surface area contributed by atoms with Gasteiger partial charge in [-0.25, -0.2) is 19.9 Å². The first kappa shape index (κ1) is 14.0. The number of aromatic amines is 1. The van der Waals surface area contributed by atoms with Crippen molar-refractivity contribution in [2.75, 3.05) is 5.32 Å². The molecule has 108 valence electrons. The molecule has 0 saturated carbocycles. The molecule has 7 nitrogen and oxygen atoms in total. The van der Waals surface area contributed by atoms with Crippen molar-refractivity contribution in [3.05, 3.63) is 23.7 Å². The van der Waals surface area contributed by atoms with Crippen LogP contribution in [0.25, 0.3) is 11.2 Å². The number of anilines is 1. The third-order valence-corrected chi connectivity index (χ3v) is 4.90. The van der Waals surface area contributed by atoms with Crippen molar-refractivity contribution >= 4 is 46.0 Å². The SMILES string of the molecule is Cc1csc(S[C@@H](C)C(=O)Nc2ncnc3nc[nH]c23)n1. The number of nitrogens with zero attached hydrogens (tertiary/aromatic N) is 4. The van der Waals surface area contributed by atoms with Crippen molar-refractivity contribution in [2.45, 2.75) is 23.4 Å². The highest BCUT2D eigenvalue weighted by Gasteiger charge is 2.18. The van der Waals surface area contributed by atoms with E-state index in [1.807, 2.05) is 19.2 Å². The minimum Gasteiger partial charge on any atom is -0.340 e. The van der Waals surface area contributed by atoms with Gasteiger partial charge in [0, 0.05) is 11.1 Å². The maximum absolute atomic E-state index is 12.2. The molecule has 0 aliphatic heterocycles. The zero-order valence-corrected chi connectivity index (χ0v) is 13.0. The minimum atomic E-state index is -0.275. The first-order chi connectivity index (χ1) is 10.1. The van der Waals surface area contributed by atoms with Gasteiger partial charge in [0.15, 0.2) is 15.8 Å². The van der Waals surface area contributed by atoms with Gasteiger partial charge < -0.3 is 10.3 Å². The largest absolute Gasteiger partial charge is 0.340 e. The zero-order valence-electron chi connectivity index (χ0n) is 11.3. The van der Waals surface area contributed by atoms with E-state index in [1.54, 1.807) is 0 Å². The molecule has 0 unspecified atom stereocenters. The number of H-pyrrole nitrogens is 1. The maximum Gasteiger partial charge on any atom is 0.238 e. The van der Waals surface area contributed by atoms with Crippen LogP contribution in [0.15, 0.2) is 22.4 Å². The van der Waals surface area contributed by atoms with Crippen LogP contribution in [0.4, 0.5) is 5.82 Å². The summed E-state index contributed by atoms with van der Waals surface area (Å²) in [6.07, 6.45) is 2.90. The standard InChI is InChI=1S/C12H12N6OS2/c1-6-3-20-12(17-6)21-7(2)11(19)18-10-8-9(14-4-13-8)15-5-16-10/h3-5,7H,1-2H3,(H2,13,14,15,16,18,19)/t7-/m0/s1. The second-order valence-electron chi connectivity index (χ2n) is 4.33. The summed E-state index contributed by atoms with van der Waals surface area (Å²) in [5.74, 6) is 0.299. The molecule has 0 bridgehead atoms. The summed E-state index contributed by atoms with van der Waals surface area (Å²) in [7, 11) is 0. The number of amides is 1. The van der Waals surface area contributed by atoms with Gasteiger partial charge in [-0.15, -0.1) is 11.3 Å². The van der Waals surface area contributed by atoms with E-state index in [0.29, 0.717) is 17.0 Å².